The second-order valence-corrected chi connectivity index (χ2v) is 7.35. The summed E-state index contributed by atoms with van der Waals surface area (Å²) in [5.41, 5.74) is 2.53. The molecule has 3 aromatic rings. The number of thiophene rings is 1. The molecule has 0 fully saturated rings. The molecule has 29 heavy (non-hydrogen) atoms. The second-order valence-electron chi connectivity index (χ2n) is 6.17. The summed E-state index contributed by atoms with van der Waals surface area (Å²) in [5, 5.41) is 23.7. The Morgan fingerprint density at radius 3 is 2.41 bits per heavy atom. The quantitative estimate of drug-likeness (QED) is 0.302. The van der Waals surface area contributed by atoms with Gasteiger partial charge in [-0.15, -0.1) is 0 Å². The Hall–Kier alpha value is -3.30. The van der Waals surface area contributed by atoms with Crippen molar-refractivity contribution in [2.45, 2.75) is 13.0 Å². The maximum absolute atomic E-state index is 13.0. The van der Waals surface area contributed by atoms with Crippen LogP contribution in [0, 0.1) is 17.0 Å². The van der Waals surface area contributed by atoms with Crippen molar-refractivity contribution in [3.05, 3.63) is 86.6 Å². The summed E-state index contributed by atoms with van der Waals surface area (Å²) < 4.78 is 0. The van der Waals surface area contributed by atoms with Crippen molar-refractivity contribution in [1.82, 2.24) is 5.32 Å². The predicted octanol–water partition coefficient (Wildman–Crippen LogP) is 4.63. The second kappa shape index (κ2) is 9.26. The Balaban J connectivity index is 1.78. The number of hydrogen-bond donors (Lipinski definition) is 3. The average molecular weight is 427 g/mol. The molecule has 1 amide bonds. The zero-order valence-corrected chi connectivity index (χ0v) is 17.0. The minimum atomic E-state index is -0.761. The molecular weight excluding hydrogens is 408 g/mol. The number of carbonyl (C=O) groups is 1. The van der Waals surface area contributed by atoms with Gasteiger partial charge in [-0.1, -0.05) is 30.3 Å². The van der Waals surface area contributed by atoms with Crippen molar-refractivity contribution < 1.29 is 9.72 Å². The normalized spacial score (nSPS) is 11.3. The van der Waals surface area contributed by atoms with Crippen LogP contribution < -0.4 is 16.0 Å². The highest BCUT2D eigenvalue weighted by Gasteiger charge is 2.23. The fourth-order valence-electron chi connectivity index (χ4n) is 2.69. The first-order valence-electron chi connectivity index (χ1n) is 8.65. The molecule has 1 atom stereocenters. The summed E-state index contributed by atoms with van der Waals surface area (Å²) in [7, 11) is 0. The molecule has 1 heterocycles. The van der Waals surface area contributed by atoms with Crippen molar-refractivity contribution in [2.75, 3.05) is 10.6 Å². The fraction of sp³-hybridized carbons (Fsp3) is 0.100. The molecule has 3 rings (SSSR count). The molecule has 0 radical (unpaired) electrons. The van der Waals surface area contributed by atoms with Crippen LogP contribution in [0.3, 0.4) is 0 Å². The van der Waals surface area contributed by atoms with Crippen molar-refractivity contribution >= 4 is 51.6 Å². The Kier molecular flexibility index (Phi) is 6.53. The highest BCUT2D eigenvalue weighted by molar-refractivity contribution is 7.80. The zero-order valence-electron chi connectivity index (χ0n) is 15.4. The predicted molar refractivity (Wildman–Crippen MR) is 119 cm³/mol. The van der Waals surface area contributed by atoms with E-state index in [2.05, 4.69) is 16.0 Å². The first-order valence-corrected chi connectivity index (χ1v) is 10.0. The molecule has 0 saturated heterocycles. The van der Waals surface area contributed by atoms with Crippen molar-refractivity contribution in [2.24, 2.45) is 0 Å². The summed E-state index contributed by atoms with van der Waals surface area (Å²) in [6, 6.07) is 14.7. The summed E-state index contributed by atoms with van der Waals surface area (Å²) in [6.07, 6.45) is 0. The first-order chi connectivity index (χ1) is 14.0. The van der Waals surface area contributed by atoms with Gasteiger partial charge in [0.2, 0.25) is 0 Å². The number of hydrogen-bond acceptors (Lipinski definition) is 5. The van der Waals surface area contributed by atoms with Crippen LogP contribution in [0.1, 0.15) is 17.2 Å². The topological polar surface area (TPSA) is 96.3 Å². The number of nitro groups is 1. The third-order valence-electron chi connectivity index (χ3n) is 4.17. The number of aryl methyl sites for hydroxylation is 1. The van der Waals surface area contributed by atoms with E-state index in [-0.39, 0.29) is 22.4 Å². The Labute approximate surface area is 176 Å². The van der Waals surface area contributed by atoms with Crippen LogP contribution in [0.25, 0.3) is 0 Å². The van der Waals surface area contributed by atoms with E-state index >= 15 is 0 Å². The summed E-state index contributed by atoms with van der Waals surface area (Å²) >= 11 is 6.78. The van der Waals surface area contributed by atoms with Gasteiger partial charge < -0.3 is 16.0 Å². The van der Waals surface area contributed by atoms with E-state index < -0.39 is 11.0 Å². The number of nitrogens with one attached hydrogen (secondary N) is 3. The van der Waals surface area contributed by atoms with E-state index in [0.717, 1.165) is 11.1 Å². The van der Waals surface area contributed by atoms with Crippen LogP contribution in [0.15, 0.2) is 65.4 Å². The molecule has 0 spiro atoms. The van der Waals surface area contributed by atoms with E-state index in [1.54, 1.807) is 18.2 Å². The Bertz CT molecular complexity index is 1040. The van der Waals surface area contributed by atoms with Gasteiger partial charge in [0.1, 0.15) is 11.7 Å². The summed E-state index contributed by atoms with van der Waals surface area (Å²) in [6.45, 7) is 1.91. The number of nitrogens with zero attached hydrogens (tertiary/aromatic N) is 1. The van der Waals surface area contributed by atoms with Gasteiger partial charge in [-0.25, -0.2) is 0 Å². The molecule has 7 nitrogen and oxygen atoms in total. The van der Waals surface area contributed by atoms with E-state index in [0.29, 0.717) is 5.69 Å². The number of para-hydroxylation sites is 3. The Morgan fingerprint density at radius 1 is 1.07 bits per heavy atom. The van der Waals surface area contributed by atoms with E-state index in [1.807, 2.05) is 48.0 Å². The third kappa shape index (κ3) is 5.15. The number of anilines is 2. The van der Waals surface area contributed by atoms with Crippen molar-refractivity contribution in [3.63, 3.8) is 0 Å². The molecule has 0 aliphatic rings. The molecule has 0 bridgehead atoms. The van der Waals surface area contributed by atoms with Gasteiger partial charge in [-0.3, -0.25) is 14.9 Å². The number of thiocarbonyl (C=S) groups is 1. The Morgan fingerprint density at radius 2 is 1.76 bits per heavy atom. The molecular formula is C20H18N4O3S2. The molecule has 0 saturated carbocycles. The first kappa shape index (κ1) is 20.4. The monoisotopic (exact) mass is 426 g/mol. The molecule has 148 valence electrons. The van der Waals surface area contributed by atoms with Gasteiger partial charge in [0.05, 0.1) is 4.92 Å². The van der Waals surface area contributed by atoms with Crippen LogP contribution in [-0.2, 0) is 4.79 Å². The molecule has 9 heteroatoms. The van der Waals surface area contributed by atoms with Crippen molar-refractivity contribution in [1.29, 1.82) is 0 Å². The maximum Gasteiger partial charge on any atom is 0.292 e. The van der Waals surface area contributed by atoms with Crippen LogP contribution >= 0.6 is 23.6 Å². The fourth-order valence-corrected chi connectivity index (χ4v) is 3.60. The van der Waals surface area contributed by atoms with E-state index in [9.17, 15) is 14.9 Å². The van der Waals surface area contributed by atoms with Gasteiger partial charge in [-0.2, -0.15) is 11.3 Å². The lowest BCUT2D eigenvalue weighted by Gasteiger charge is -2.20. The average Bonchev–Trinajstić information content (AvgIpc) is 3.22. The summed E-state index contributed by atoms with van der Waals surface area (Å²) in [4.78, 5) is 23.7. The highest BCUT2D eigenvalue weighted by atomic mass is 32.1. The van der Waals surface area contributed by atoms with E-state index in [4.69, 9.17) is 12.2 Å². The number of rotatable bonds is 6. The van der Waals surface area contributed by atoms with Gasteiger partial charge in [0, 0.05) is 11.8 Å². The molecule has 1 aromatic heterocycles. The minimum absolute atomic E-state index is 0.104. The molecule has 2 aromatic carbocycles. The van der Waals surface area contributed by atoms with Gasteiger partial charge >= 0.3 is 0 Å². The van der Waals surface area contributed by atoms with Crippen molar-refractivity contribution in [3.8, 4) is 0 Å². The van der Waals surface area contributed by atoms with Crippen LogP contribution in [0.4, 0.5) is 17.1 Å². The minimum Gasteiger partial charge on any atom is -0.347 e. The maximum atomic E-state index is 13.0. The highest BCUT2D eigenvalue weighted by Crippen LogP contribution is 2.24. The molecule has 0 aliphatic carbocycles. The number of carbonyl (C=O) groups excluding carboxylic acids is 1. The van der Waals surface area contributed by atoms with Crippen LogP contribution in [-0.4, -0.2) is 15.9 Å². The molecule has 0 aliphatic heterocycles. The van der Waals surface area contributed by atoms with Crippen LogP contribution in [0.5, 0.6) is 0 Å². The van der Waals surface area contributed by atoms with Crippen LogP contribution in [0.2, 0.25) is 0 Å². The van der Waals surface area contributed by atoms with Gasteiger partial charge in [0.15, 0.2) is 5.11 Å². The SMILES string of the molecule is Cc1ccccc1NC(=O)C(NC(=S)Nc1ccccc1[N+](=O)[O-])c1ccsc1. The standard InChI is InChI=1S/C20H18N4O3S2/c1-13-6-2-3-7-15(13)21-19(25)18(14-10-11-29-12-14)23-20(28)22-16-8-4-5-9-17(16)24(26)27/h2-12,18H,1H3,(H,21,25)(H2,22,23,28). The third-order valence-corrected chi connectivity index (χ3v) is 5.09. The molecule has 3 N–H and O–H groups in total. The van der Waals surface area contributed by atoms with Gasteiger partial charge in [-0.05, 0) is 59.2 Å². The molecule has 1 unspecified atom stereocenters. The number of nitro benzene ring substituents is 1. The lowest BCUT2D eigenvalue weighted by Crippen LogP contribution is -2.39. The zero-order chi connectivity index (χ0) is 20.8. The smallest absolute Gasteiger partial charge is 0.292 e. The largest absolute Gasteiger partial charge is 0.347 e. The van der Waals surface area contributed by atoms with Gasteiger partial charge in [0.25, 0.3) is 11.6 Å². The van der Waals surface area contributed by atoms with E-state index in [1.165, 1.54) is 17.4 Å². The number of amides is 1. The summed E-state index contributed by atoms with van der Waals surface area (Å²) in [5.74, 6) is -0.288. The number of benzene rings is 2. The lowest BCUT2D eigenvalue weighted by molar-refractivity contribution is -0.383. The lowest BCUT2D eigenvalue weighted by atomic mass is 10.1.